The molecule has 2 aromatic rings. The molecule has 6 nitrogen and oxygen atoms in total. The SMILES string of the molecule is COC(C)(C(=O)Nc1ccc(OCCCC(=O)O)cc1)c1ccccc1. The number of amides is 1. The quantitative estimate of drug-likeness (QED) is 0.672. The van der Waals surface area contributed by atoms with Crippen LogP contribution >= 0.6 is 0 Å². The first-order valence-electron chi connectivity index (χ1n) is 8.32. The molecule has 0 saturated heterocycles. The molecule has 0 heterocycles. The highest BCUT2D eigenvalue weighted by Gasteiger charge is 2.35. The van der Waals surface area contributed by atoms with Crippen LogP contribution in [0, 0.1) is 0 Å². The number of carbonyl (C=O) groups excluding carboxylic acids is 1. The molecule has 0 spiro atoms. The van der Waals surface area contributed by atoms with Crippen LogP contribution in [0.2, 0.25) is 0 Å². The van der Waals surface area contributed by atoms with Crippen LogP contribution in [0.4, 0.5) is 5.69 Å². The molecule has 2 N–H and O–H groups in total. The highest BCUT2D eigenvalue weighted by molar-refractivity contribution is 5.97. The Balaban J connectivity index is 1.97. The summed E-state index contributed by atoms with van der Waals surface area (Å²) >= 11 is 0. The highest BCUT2D eigenvalue weighted by Crippen LogP contribution is 2.27. The van der Waals surface area contributed by atoms with Crippen molar-refractivity contribution in [3.8, 4) is 5.75 Å². The third-order valence-corrected chi connectivity index (χ3v) is 4.08. The van der Waals surface area contributed by atoms with E-state index in [1.807, 2.05) is 30.3 Å². The molecule has 0 radical (unpaired) electrons. The van der Waals surface area contributed by atoms with Crippen molar-refractivity contribution in [2.45, 2.75) is 25.4 Å². The van der Waals surface area contributed by atoms with E-state index in [4.69, 9.17) is 14.6 Å². The van der Waals surface area contributed by atoms with E-state index in [0.29, 0.717) is 24.5 Å². The third kappa shape index (κ3) is 5.07. The summed E-state index contributed by atoms with van der Waals surface area (Å²) in [7, 11) is 1.50. The smallest absolute Gasteiger partial charge is 0.303 e. The number of methoxy groups -OCH3 is 1. The molecule has 26 heavy (non-hydrogen) atoms. The van der Waals surface area contributed by atoms with Crippen LogP contribution in [0.5, 0.6) is 5.75 Å². The minimum atomic E-state index is -1.10. The number of carboxylic acids is 1. The predicted molar refractivity (Wildman–Crippen MR) is 98.2 cm³/mol. The molecule has 2 rings (SSSR count). The number of nitrogens with one attached hydrogen (secondary N) is 1. The zero-order chi connectivity index (χ0) is 19.0. The molecule has 0 aromatic heterocycles. The Kier molecular flexibility index (Phi) is 6.74. The van der Waals surface area contributed by atoms with Gasteiger partial charge in [-0.1, -0.05) is 30.3 Å². The number of carbonyl (C=O) groups is 2. The van der Waals surface area contributed by atoms with E-state index >= 15 is 0 Å². The Morgan fingerprint density at radius 2 is 1.73 bits per heavy atom. The largest absolute Gasteiger partial charge is 0.494 e. The maximum atomic E-state index is 12.7. The summed E-state index contributed by atoms with van der Waals surface area (Å²) in [5.41, 5.74) is 0.276. The molecule has 1 amide bonds. The van der Waals surface area contributed by atoms with Crippen LogP contribution in [-0.2, 0) is 19.9 Å². The maximum absolute atomic E-state index is 12.7. The minimum Gasteiger partial charge on any atom is -0.494 e. The molecule has 2 aromatic carbocycles. The lowest BCUT2D eigenvalue weighted by Gasteiger charge is -2.27. The number of rotatable bonds is 9. The summed E-state index contributed by atoms with van der Waals surface area (Å²) in [6.07, 6.45) is 0.514. The fraction of sp³-hybridized carbons (Fsp3) is 0.300. The number of hydrogen-bond donors (Lipinski definition) is 2. The Morgan fingerprint density at radius 1 is 1.08 bits per heavy atom. The van der Waals surface area contributed by atoms with Gasteiger partial charge in [0.2, 0.25) is 0 Å². The second-order valence-corrected chi connectivity index (χ2v) is 5.93. The summed E-state index contributed by atoms with van der Waals surface area (Å²) in [4.78, 5) is 23.2. The normalized spacial score (nSPS) is 12.8. The molecular formula is C20H23NO5. The summed E-state index contributed by atoms with van der Waals surface area (Å²) in [6, 6.07) is 16.2. The first-order valence-corrected chi connectivity index (χ1v) is 8.32. The second-order valence-electron chi connectivity index (χ2n) is 5.93. The van der Waals surface area contributed by atoms with Gasteiger partial charge in [-0.3, -0.25) is 9.59 Å². The van der Waals surface area contributed by atoms with Gasteiger partial charge in [-0.25, -0.2) is 0 Å². The second kappa shape index (κ2) is 9.01. The highest BCUT2D eigenvalue weighted by atomic mass is 16.5. The van der Waals surface area contributed by atoms with Gasteiger partial charge >= 0.3 is 5.97 Å². The number of anilines is 1. The van der Waals surface area contributed by atoms with Gasteiger partial charge in [-0.2, -0.15) is 0 Å². The number of hydrogen-bond acceptors (Lipinski definition) is 4. The van der Waals surface area contributed by atoms with Crippen LogP contribution in [0.3, 0.4) is 0 Å². The molecule has 1 atom stereocenters. The third-order valence-electron chi connectivity index (χ3n) is 4.08. The van der Waals surface area contributed by atoms with Crippen molar-refractivity contribution >= 4 is 17.6 Å². The van der Waals surface area contributed by atoms with Gasteiger partial charge in [0.05, 0.1) is 6.61 Å². The molecular weight excluding hydrogens is 334 g/mol. The molecule has 0 bridgehead atoms. The van der Waals surface area contributed by atoms with Crippen LogP contribution in [0.1, 0.15) is 25.3 Å². The van der Waals surface area contributed by atoms with E-state index in [0.717, 1.165) is 5.56 Å². The number of ether oxygens (including phenoxy) is 2. The van der Waals surface area contributed by atoms with Crippen molar-refractivity contribution < 1.29 is 24.2 Å². The Labute approximate surface area is 152 Å². The van der Waals surface area contributed by atoms with Crippen molar-refractivity contribution in [1.29, 1.82) is 0 Å². The standard InChI is InChI=1S/C20H23NO5/c1-20(25-2,15-7-4-3-5-8-15)19(24)21-16-10-12-17(13-11-16)26-14-6-9-18(22)23/h3-5,7-8,10-13H,6,9,14H2,1-2H3,(H,21,24)(H,22,23). The van der Waals surface area contributed by atoms with E-state index in [-0.39, 0.29) is 12.3 Å². The summed E-state index contributed by atoms with van der Waals surface area (Å²) in [5, 5.41) is 11.4. The fourth-order valence-electron chi connectivity index (χ4n) is 2.40. The van der Waals surface area contributed by atoms with Gasteiger partial charge in [0.1, 0.15) is 5.75 Å². The first kappa shape index (κ1) is 19.5. The average molecular weight is 357 g/mol. The lowest BCUT2D eigenvalue weighted by Crippen LogP contribution is -2.39. The van der Waals surface area contributed by atoms with Crippen molar-refractivity contribution in [3.05, 3.63) is 60.2 Å². The molecule has 0 fully saturated rings. The van der Waals surface area contributed by atoms with E-state index in [2.05, 4.69) is 5.32 Å². The summed E-state index contributed by atoms with van der Waals surface area (Å²) in [6.45, 7) is 2.05. The van der Waals surface area contributed by atoms with Crippen LogP contribution in [0.25, 0.3) is 0 Å². The van der Waals surface area contributed by atoms with Crippen molar-refractivity contribution in [2.24, 2.45) is 0 Å². The fourth-order valence-corrected chi connectivity index (χ4v) is 2.40. The van der Waals surface area contributed by atoms with Gasteiger partial charge in [0, 0.05) is 19.2 Å². The van der Waals surface area contributed by atoms with Crippen molar-refractivity contribution in [3.63, 3.8) is 0 Å². The Morgan fingerprint density at radius 3 is 2.31 bits per heavy atom. The number of aliphatic carboxylic acids is 1. The Hall–Kier alpha value is -2.86. The van der Waals surface area contributed by atoms with Crippen molar-refractivity contribution in [1.82, 2.24) is 0 Å². The van der Waals surface area contributed by atoms with E-state index < -0.39 is 11.6 Å². The lowest BCUT2D eigenvalue weighted by molar-refractivity contribution is -0.137. The molecule has 0 aliphatic heterocycles. The monoisotopic (exact) mass is 357 g/mol. The van der Waals surface area contributed by atoms with Crippen LogP contribution in [-0.4, -0.2) is 30.7 Å². The molecule has 0 aliphatic carbocycles. The molecule has 1 unspecified atom stereocenters. The molecule has 6 heteroatoms. The van der Waals surface area contributed by atoms with E-state index in [1.54, 1.807) is 31.2 Å². The van der Waals surface area contributed by atoms with Gasteiger partial charge in [0.15, 0.2) is 5.60 Å². The summed E-state index contributed by atoms with van der Waals surface area (Å²) in [5.74, 6) is -0.501. The van der Waals surface area contributed by atoms with Gasteiger partial charge < -0.3 is 19.9 Å². The number of benzene rings is 2. The van der Waals surface area contributed by atoms with Gasteiger partial charge in [-0.05, 0) is 43.2 Å². The van der Waals surface area contributed by atoms with Crippen LogP contribution in [0.15, 0.2) is 54.6 Å². The molecule has 0 aliphatic rings. The zero-order valence-corrected chi connectivity index (χ0v) is 14.9. The lowest BCUT2D eigenvalue weighted by atomic mass is 9.94. The Bertz CT molecular complexity index is 730. The summed E-state index contributed by atoms with van der Waals surface area (Å²) < 4.78 is 11.0. The maximum Gasteiger partial charge on any atom is 0.303 e. The molecule has 0 saturated carbocycles. The predicted octanol–water partition coefficient (Wildman–Crippen LogP) is 3.43. The average Bonchev–Trinajstić information content (AvgIpc) is 2.66. The topological polar surface area (TPSA) is 84.9 Å². The van der Waals surface area contributed by atoms with E-state index in [1.165, 1.54) is 7.11 Å². The first-order chi connectivity index (χ1) is 12.5. The van der Waals surface area contributed by atoms with Crippen molar-refractivity contribution in [2.75, 3.05) is 19.0 Å². The molecule has 138 valence electrons. The van der Waals surface area contributed by atoms with Crippen LogP contribution < -0.4 is 10.1 Å². The van der Waals surface area contributed by atoms with E-state index in [9.17, 15) is 9.59 Å². The van der Waals surface area contributed by atoms with Gasteiger partial charge in [-0.15, -0.1) is 0 Å². The zero-order valence-electron chi connectivity index (χ0n) is 14.9. The minimum absolute atomic E-state index is 0.0726. The number of carboxylic acid groups (broad SMARTS) is 1. The van der Waals surface area contributed by atoms with Gasteiger partial charge in [0.25, 0.3) is 5.91 Å².